The van der Waals surface area contributed by atoms with E-state index in [0.29, 0.717) is 34.5 Å². The number of rotatable bonds is 4. The highest BCUT2D eigenvalue weighted by Crippen LogP contribution is 2.36. The van der Waals surface area contributed by atoms with E-state index in [-0.39, 0.29) is 17.4 Å². The summed E-state index contributed by atoms with van der Waals surface area (Å²) in [5.41, 5.74) is 4.17. The number of halogens is 2. The minimum atomic E-state index is -0.713. The van der Waals surface area contributed by atoms with Gasteiger partial charge in [-0.2, -0.15) is 5.10 Å². The maximum atomic E-state index is 14.6. The maximum absolute atomic E-state index is 14.6. The van der Waals surface area contributed by atoms with E-state index in [1.807, 2.05) is 38.1 Å². The van der Waals surface area contributed by atoms with Gasteiger partial charge in [-0.3, -0.25) is 4.79 Å². The van der Waals surface area contributed by atoms with Gasteiger partial charge in [-0.05, 0) is 48.2 Å². The van der Waals surface area contributed by atoms with Crippen LogP contribution in [0.2, 0.25) is 0 Å². The molecule has 0 spiro atoms. The number of hydrogen-bond donors (Lipinski definition) is 2. The van der Waals surface area contributed by atoms with Crippen LogP contribution >= 0.6 is 0 Å². The van der Waals surface area contributed by atoms with Crippen molar-refractivity contribution in [3.05, 3.63) is 94.3 Å². The van der Waals surface area contributed by atoms with Gasteiger partial charge in [0.05, 0.1) is 40.2 Å². The summed E-state index contributed by atoms with van der Waals surface area (Å²) < 4.78 is 30.8. The van der Waals surface area contributed by atoms with Crippen molar-refractivity contribution in [2.75, 3.05) is 0 Å². The quantitative estimate of drug-likeness (QED) is 0.444. The number of aliphatic hydroxyl groups is 1. The van der Waals surface area contributed by atoms with Gasteiger partial charge in [0.25, 0.3) is 5.91 Å². The van der Waals surface area contributed by atoms with E-state index in [0.717, 1.165) is 11.1 Å². The Kier molecular flexibility index (Phi) is 5.44. The van der Waals surface area contributed by atoms with Crippen molar-refractivity contribution in [1.29, 1.82) is 0 Å². The number of hydrogen-bond acceptors (Lipinski definition) is 3. The normalized spacial score (nSPS) is 17.4. The van der Waals surface area contributed by atoms with Gasteiger partial charge < -0.3 is 10.4 Å². The van der Waals surface area contributed by atoms with Crippen LogP contribution in [0, 0.1) is 18.6 Å². The lowest BCUT2D eigenvalue weighted by Crippen LogP contribution is -2.34. The Bertz CT molecular complexity index is 1410. The number of aryl methyl sites for hydroxylation is 1. The molecule has 0 radical (unpaired) electrons. The van der Waals surface area contributed by atoms with Crippen LogP contribution in [0.4, 0.5) is 8.78 Å². The topological polar surface area (TPSA) is 66.6 Å². The summed E-state index contributed by atoms with van der Waals surface area (Å²) in [5.74, 6) is -1.78. The largest absolute Gasteiger partial charge is 0.390 e. The van der Waals surface area contributed by atoms with Gasteiger partial charge in [-0.1, -0.05) is 44.2 Å². The summed E-state index contributed by atoms with van der Waals surface area (Å²) >= 11 is 0. The Morgan fingerprint density at radius 3 is 2.47 bits per heavy atom. The first kappa shape index (κ1) is 22.2. The third kappa shape index (κ3) is 3.47. The van der Waals surface area contributed by atoms with Crippen LogP contribution in [0.3, 0.4) is 0 Å². The molecule has 4 aromatic rings. The van der Waals surface area contributed by atoms with Crippen molar-refractivity contribution in [1.82, 2.24) is 14.9 Å². The Hall–Kier alpha value is -3.58. The number of fused-ring (bicyclic) bond motifs is 2. The molecule has 2 aromatic carbocycles. The molecule has 0 saturated carbocycles. The van der Waals surface area contributed by atoms with Crippen LogP contribution in [0.25, 0.3) is 16.6 Å². The molecule has 1 amide bonds. The van der Waals surface area contributed by atoms with Crippen molar-refractivity contribution in [2.24, 2.45) is 0 Å². The summed E-state index contributed by atoms with van der Waals surface area (Å²) in [6.07, 6.45) is -0.234. The number of aliphatic hydroxyl groups excluding tert-OH is 1. The summed E-state index contributed by atoms with van der Waals surface area (Å²) in [5, 5.41) is 18.1. The minimum absolute atomic E-state index is 0.108. The fourth-order valence-corrected chi connectivity index (χ4v) is 5.00. The second-order valence-corrected chi connectivity index (χ2v) is 9.06. The average Bonchev–Trinajstić information content (AvgIpc) is 3.28. The molecule has 5 nitrogen and oxygen atoms in total. The molecule has 0 saturated heterocycles. The van der Waals surface area contributed by atoms with Gasteiger partial charge in [0.2, 0.25) is 0 Å². The highest BCUT2D eigenvalue weighted by molar-refractivity contribution is 5.97. The average molecular weight is 462 g/mol. The summed E-state index contributed by atoms with van der Waals surface area (Å²) in [6.45, 7) is 5.57. The molecule has 2 aromatic heterocycles. The first-order valence-corrected chi connectivity index (χ1v) is 11.3. The highest BCUT2D eigenvalue weighted by atomic mass is 19.1. The first-order valence-electron chi connectivity index (χ1n) is 11.3. The van der Waals surface area contributed by atoms with Crippen LogP contribution < -0.4 is 5.32 Å². The van der Waals surface area contributed by atoms with Gasteiger partial charge >= 0.3 is 0 Å². The molecule has 34 heavy (non-hydrogen) atoms. The van der Waals surface area contributed by atoms with Gasteiger partial charge in [-0.25, -0.2) is 13.3 Å². The van der Waals surface area contributed by atoms with Crippen molar-refractivity contribution in [3.63, 3.8) is 0 Å². The summed E-state index contributed by atoms with van der Waals surface area (Å²) in [6, 6.07) is 14.2. The Labute approximate surface area is 196 Å². The van der Waals surface area contributed by atoms with Crippen LogP contribution in [0.5, 0.6) is 0 Å². The van der Waals surface area contributed by atoms with Crippen molar-refractivity contribution >= 4 is 11.4 Å². The number of carbonyl (C=O) groups excluding carboxylic acids is 1. The standard InChI is InChI=1S/C27H25F2N3O2/c1-14(2)26-18(27(34)30-25-17-8-5-4-7-16(17)13-22(25)33)11-12-21-23(15(3)31-32(21)26)24-19(28)9-6-10-20(24)29/h4-12,14,22,25,33H,13H2,1-3H3,(H,30,34)/t22-,25+/m0/s1. The fourth-order valence-electron chi connectivity index (χ4n) is 5.00. The lowest BCUT2D eigenvalue weighted by Gasteiger charge is -2.20. The molecule has 174 valence electrons. The van der Waals surface area contributed by atoms with Crippen molar-refractivity contribution in [3.8, 4) is 11.1 Å². The SMILES string of the molecule is Cc1nn2c(C(C)C)c(C(=O)N[C@@H]3c4ccccc4C[C@@H]3O)ccc2c1-c1c(F)cccc1F. The summed E-state index contributed by atoms with van der Waals surface area (Å²) in [4.78, 5) is 13.4. The molecule has 2 atom stereocenters. The summed E-state index contributed by atoms with van der Waals surface area (Å²) in [7, 11) is 0. The number of amides is 1. The smallest absolute Gasteiger partial charge is 0.253 e. The van der Waals surface area contributed by atoms with Crippen molar-refractivity contribution < 1.29 is 18.7 Å². The first-order chi connectivity index (χ1) is 16.3. The maximum Gasteiger partial charge on any atom is 0.253 e. The second kappa shape index (κ2) is 8.33. The molecule has 1 aliphatic rings. The van der Waals surface area contributed by atoms with E-state index >= 15 is 0 Å². The highest BCUT2D eigenvalue weighted by Gasteiger charge is 2.33. The number of nitrogens with one attached hydrogen (secondary N) is 1. The zero-order chi connectivity index (χ0) is 24.1. The molecular formula is C27H25F2N3O2. The van der Waals surface area contributed by atoms with Gasteiger partial charge in [0.15, 0.2) is 0 Å². The molecule has 0 bridgehead atoms. The van der Waals surface area contributed by atoms with E-state index in [2.05, 4.69) is 10.4 Å². The van der Waals surface area contributed by atoms with E-state index in [1.54, 1.807) is 23.6 Å². The van der Waals surface area contributed by atoms with E-state index in [4.69, 9.17) is 0 Å². The zero-order valence-corrected chi connectivity index (χ0v) is 19.1. The number of carbonyl (C=O) groups is 1. The number of aromatic nitrogens is 2. The third-order valence-corrected chi connectivity index (χ3v) is 6.50. The second-order valence-electron chi connectivity index (χ2n) is 9.06. The molecule has 2 heterocycles. The number of nitrogens with zero attached hydrogens (tertiary/aromatic N) is 2. The monoisotopic (exact) mass is 461 g/mol. The lowest BCUT2D eigenvalue weighted by atomic mass is 9.99. The van der Waals surface area contributed by atoms with E-state index < -0.39 is 23.8 Å². The van der Waals surface area contributed by atoms with Crippen molar-refractivity contribution in [2.45, 2.75) is 45.3 Å². The van der Waals surface area contributed by atoms with Crippen LogP contribution in [0.1, 0.15) is 58.7 Å². The molecule has 0 aliphatic heterocycles. The van der Waals surface area contributed by atoms with Crippen LogP contribution in [0.15, 0.2) is 54.6 Å². The van der Waals surface area contributed by atoms with Gasteiger partial charge in [0.1, 0.15) is 11.6 Å². The molecule has 0 unspecified atom stereocenters. The molecule has 1 aliphatic carbocycles. The molecule has 7 heteroatoms. The van der Waals surface area contributed by atoms with Crippen LogP contribution in [-0.4, -0.2) is 26.7 Å². The third-order valence-electron chi connectivity index (χ3n) is 6.50. The zero-order valence-electron chi connectivity index (χ0n) is 19.1. The fraction of sp³-hybridized carbons (Fsp3) is 0.259. The lowest BCUT2D eigenvalue weighted by molar-refractivity contribution is 0.0856. The molecule has 2 N–H and O–H groups in total. The predicted octanol–water partition coefficient (Wildman–Crippen LogP) is 5.10. The molecular weight excluding hydrogens is 436 g/mol. The minimum Gasteiger partial charge on any atom is -0.390 e. The Balaban J connectivity index is 1.61. The Morgan fingerprint density at radius 1 is 1.06 bits per heavy atom. The molecule has 5 rings (SSSR count). The molecule has 0 fully saturated rings. The number of pyridine rings is 1. The van der Waals surface area contributed by atoms with Gasteiger partial charge in [-0.15, -0.1) is 0 Å². The van der Waals surface area contributed by atoms with E-state index in [1.165, 1.54) is 18.2 Å². The van der Waals surface area contributed by atoms with Crippen LogP contribution in [-0.2, 0) is 6.42 Å². The predicted molar refractivity (Wildman–Crippen MR) is 126 cm³/mol. The van der Waals surface area contributed by atoms with Gasteiger partial charge in [0, 0.05) is 12.0 Å². The number of benzene rings is 2. The van der Waals surface area contributed by atoms with E-state index in [9.17, 15) is 18.7 Å². The Morgan fingerprint density at radius 2 is 1.76 bits per heavy atom.